The molecule has 0 atom stereocenters. The average Bonchev–Trinajstić information content (AvgIpc) is 3.01. The van der Waals surface area contributed by atoms with Gasteiger partial charge >= 0.3 is 5.97 Å². The maximum Gasteiger partial charge on any atom is 0.338 e. The molecule has 2 aromatic carbocycles. The van der Waals surface area contributed by atoms with Crippen LogP contribution >= 0.6 is 15.9 Å². The van der Waals surface area contributed by atoms with E-state index in [1.165, 1.54) is 0 Å². The molecule has 3 rings (SSSR count). The Kier molecular flexibility index (Phi) is 6.84. The second kappa shape index (κ2) is 9.54. The fraction of sp³-hybridized carbons (Fsp3) is 0.174. The minimum Gasteiger partial charge on any atom is -0.462 e. The number of aryl methyl sites for hydroxylation is 1. The van der Waals surface area contributed by atoms with Crippen LogP contribution in [0.25, 0.3) is 5.69 Å². The Bertz CT molecular complexity index is 1120. The predicted molar refractivity (Wildman–Crippen MR) is 120 cm³/mol. The fourth-order valence-corrected chi connectivity index (χ4v) is 3.63. The largest absolute Gasteiger partial charge is 0.462 e. The lowest BCUT2D eigenvalue weighted by atomic mass is 10.2. The maximum atomic E-state index is 12.3. The van der Waals surface area contributed by atoms with Crippen LogP contribution in [0.1, 0.15) is 44.6 Å². The van der Waals surface area contributed by atoms with E-state index >= 15 is 0 Å². The number of carbonyl (C=O) groups is 2. The molecule has 30 heavy (non-hydrogen) atoms. The molecule has 0 bridgehead atoms. The first kappa shape index (κ1) is 21.5. The standard InChI is InChI=1S/C23H22BrN3O3/c1-4-30-23(29)17-8-7-9-19(13-17)27-15(2)12-18(16(27)3)14-25-26-22(28)20-10-5-6-11-21(20)24/h5-14H,4H2,1-3H3,(H,26,28)/b25-14-. The summed E-state index contributed by atoms with van der Waals surface area (Å²) in [6.07, 6.45) is 1.61. The first-order valence-electron chi connectivity index (χ1n) is 9.46. The monoisotopic (exact) mass is 467 g/mol. The van der Waals surface area contributed by atoms with Gasteiger partial charge in [-0.15, -0.1) is 0 Å². The molecule has 0 aliphatic heterocycles. The minimum absolute atomic E-state index is 0.297. The van der Waals surface area contributed by atoms with E-state index in [0.29, 0.717) is 22.2 Å². The van der Waals surface area contributed by atoms with E-state index < -0.39 is 0 Å². The first-order valence-corrected chi connectivity index (χ1v) is 10.3. The number of hydrogen-bond donors (Lipinski definition) is 1. The van der Waals surface area contributed by atoms with Gasteiger partial charge in [0.1, 0.15) is 0 Å². The smallest absolute Gasteiger partial charge is 0.338 e. The molecule has 0 saturated heterocycles. The second-order valence-electron chi connectivity index (χ2n) is 6.61. The number of esters is 1. The van der Waals surface area contributed by atoms with Crippen molar-refractivity contribution in [3.05, 3.63) is 87.1 Å². The summed E-state index contributed by atoms with van der Waals surface area (Å²) in [5, 5.41) is 4.11. The van der Waals surface area contributed by atoms with Gasteiger partial charge in [-0.05, 0) is 73.1 Å². The van der Waals surface area contributed by atoms with E-state index in [1.807, 2.05) is 42.7 Å². The van der Waals surface area contributed by atoms with Crippen molar-refractivity contribution in [3.63, 3.8) is 0 Å². The summed E-state index contributed by atoms with van der Waals surface area (Å²) < 4.78 is 7.83. The Morgan fingerprint density at radius 2 is 1.90 bits per heavy atom. The van der Waals surface area contributed by atoms with Crippen LogP contribution in [0.4, 0.5) is 0 Å². The Labute approximate surface area is 183 Å². The zero-order valence-corrected chi connectivity index (χ0v) is 18.6. The number of rotatable bonds is 6. The van der Waals surface area contributed by atoms with Gasteiger partial charge in [0.05, 0.1) is 23.9 Å². The van der Waals surface area contributed by atoms with Gasteiger partial charge in [0.2, 0.25) is 0 Å². The van der Waals surface area contributed by atoms with E-state index in [2.05, 4.69) is 26.5 Å². The van der Waals surface area contributed by atoms with Crippen molar-refractivity contribution < 1.29 is 14.3 Å². The number of carbonyl (C=O) groups excluding carboxylic acids is 2. The molecule has 3 aromatic rings. The van der Waals surface area contributed by atoms with E-state index in [1.54, 1.807) is 43.5 Å². The van der Waals surface area contributed by atoms with Crippen molar-refractivity contribution in [1.82, 2.24) is 9.99 Å². The van der Waals surface area contributed by atoms with Crippen LogP contribution in [0.15, 0.2) is 64.2 Å². The molecular formula is C23H22BrN3O3. The number of aromatic nitrogens is 1. The lowest BCUT2D eigenvalue weighted by molar-refractivity contribution is 0.0526. The number of hydrazone groups is 1. The van der Waals surface area contributed by atoms with Gasteiger partial charge in [0.25, 0.3) is 5.91 Å². The highest BCUT2D eigenvalue weighted by Crippen LogP contribution is 2.21. The van der Waals surface area contributed by atoms with Gasteiger partial charge in [0, 0.05) is 27.1 Å². The maximum absolute atomic E-state index is 12.3. The summed E-state index contributed by atoms with van der Waals surface area (Å²) >= 11 is 3.36. The number of benzene rings is 2. The summed E-state index contributed by atoms with van der Waals surface area (Å²) in [7, 11) is 0. The van der Waals surface area contributed by atoms with Crippen LogP contribution in [0.5, 0.6) is 0 Å². The van der Waals surface area contributed by atoms with Gasteiger partial charge < -0.3 is 9.30 Å². The van der Waals surface area contributed by atoms with Gasteiger partial charge in [-0.3, -0.25) is 4.79 Å². The summed E-state index contributed by atoms with van der Waals surface area (Å²) in [6, 6.07) is 16.4. The SMILES string of the molecule is CCOC(=O)c1cccc(-n2c(C)cc(/C=N\NC(=O)c3ccccc3Br)c2C)c1. The minimum atomic E-state index is -0.349. The summed E-state index contributed by atoms with van der Waals surface area (Å²) in [5.41, 5.74) is 7.19. The average molecular weight is 468 g/mol. The molecule has 1 heterocycles. The van der Waals surface area contributed by atoms with Crippen molar-refractivity contribution in [2.24, 2.45) is 5.10 Å². The number of halogens is 1. The lowest BCUT2D eigenvalue weighted by Gasteiger charge is -2.11. The highest BCUT2D eigenvalue weighted by atomic mass is 79.9. The van der Waals surface area contributed by atoms with Gasteiger partial charge in [-0.1, -0.05) is 18.2 Å². The normalized spacial score (nSPS) is 10.9. The van der Waals surface area contributed by atoms with Crippen LogP contribution < -0.4 is 5.43 Å². The third kappa shape index (κ3) is 4.68. The number of ether oxygens (including phenoxy) is 1. The van der Waals surface area contributed by atoms with Crippen LogP contribution in [0.2, 0.25) is 0 Å². The molecule has 0 aliphatic carbocycles. The van der Waals surface area contributed by atoms with Crippen LogP contribution in [0.3, 0.4) is 0 Å². The molecular weight excluding hydrogens is 446 g/mol. The Morgan fingerprint density at radius 1 is 1.13 bits per heavy atom. The van der Waals surface area contributed by atoms with E-state index in [-0.39, 0.29) is 11.9 Å². The first-order chi connectivity index (χ1) is 14.4. The molecule has 0 unspecified atom stereocenters. The van der Waals surface area contributed by atoms with Crippen molar-refractivity contribution in [2.45, 2.75) is 20.8 Å². The highest BCUT2D eigenvalue weighted by Gasteiger charge is 2.13. The quantitative estimate of drug-likeness (QED) is 0.321. The molecule has 0 spiro atoms. The molecule has 0 aliphatic rings. The van der Waals surface area contributed by atoms with E-state index in [4.69, 9.17) is 4.74 Å². The third-order valence-electron chi connectivity index (χ3n) is 4.57. The van der Waals surface area contributed by atoms with Gasteiger partial charge in [-0.25, -0.2) is 10.2 Å². The highest BCUT2D eigenvalue weighted by molar-refractivity contribution is 9.10. The summed E-state index contributed by atoms with van der Waals surface area (Å²) in [5.74, 6) is -0.645. The van der Waals surface area contributed by atoms with E-state index in [9.17, 15) is 9.59 Å². The van der Waals surface area contributed by atoms with Crippen LogP contribution in [0, 0.1) is 13.8 Å². The molecule has 1 amide bonds. The molecule has 0 radical (unpaired) electrons. The van der Waals surface area contributed by atoms with Crippen molar-refractivity contribution >= 4 is 34.0 Å². The number of amides is 1. The fourth-order valence-electron chi connectivity index (χ4n) is 3.17. The molecule has 1 aromatic heterocycles. The second-order valence-corrected chi connectivity index (χ2v) is 7.47. The number of nitrogens with zero attached hydrogens (tertiary/aromatic N) is 2. The van der Waals surface area contributed by atoms with Crippen molar-refractivity contribution in [2.75, 3.05) is 6.61 Å². The zero-order chi connectivity index (χ0) is 21.7. The van der Waals surface area contributed by atoms with E-state index in [0.717, 1.165) is 22.6 Å². The van der Waals surface area contributed by atoms with Gasteiger partial charge in [0.15, 0.2) is 0 Å². The Hall–Kier alpha value is -3.19. The van der Waals surface area contributed by atoms with Crippen LogP contribution in [-0.4, -0.2) is 29.3 Å². The molecule has 7 heteroatoms. The van der Waals surface area contributed by atoms with Crippen molar-refractivity contribution in [1.29, 1.82) is 0 Å². The van der Waals surface area contributed by atoms with Crippen LogP contribution in [-0.2, 0) is 4.74 Å². The van der Waals surface area contributed by atoms with Gasteiger partial charge in [-0.2, -0.15) is 5.10 Å². The molecule has 1 N–H and O–H groups in total. The predicted octanol–water partition coefficient (Wildman–Crippen LogP) is 4.80. The number of nitrogens with one attached hydrogen (secondary N) is 1. The zero-order valence-electron chi connectivity index (χ0n) is 17.0. The number of hydrogen-bond acceptors (Lipinski definition) is 4. The summed E-state index contributed by atoms with van der Waals surface area (Å²) in [4.78, 5) is 24.3. The molecule has 0 saturated carbocycles. The van der Waals surface area contributed by atoms with Crippen molar-refractivity contribution in [3.8, 4) is 5.69 Å². The lowest BCUT2D eigenvalue weighted by Crippen LogP contribution is -2.18. The Morgan fingerprint density at radius 3 is 2.63 bits per heavy atom. The molecule has 154 valence electrons. The Balaban J connectivity index is 1.82. The topological polar surface area (TPSA) is 72.7 Å². The summed E-state index contributed by atoms with van der Waals surface area (Å²) in [6.45, 7) is 6.04. The molecule has 0 fully saturated rings. The third-order valence-corrected chi connectivity index (χ3v) is 5.27. The molecule has 6 nitrogen and oxygen atoms in total.